The van der Waals surface area contributed by atoms with Gasteiger partial charge in [-0.2, -0.15) is 0 Å². The second kappa shape index (κ2) is 47.0. The minimum absolute atomic E-state index is 0.0943. The molecule has 2 atom stereocenters. The summed E-state index contributed by atoms with van der Waals surface area (Å²) in [4.78, 5) is 23.0. The Hall–Kier alpha value is -0.500. The van der Waals surface area contributed by atoms with Crippen molar-refractivity contribution in [2.24, 2.45) is 0 Å². The molecule has 9 heteroatoms. The summed E-state index contributed by atoms with van der Waals surface area (Å²) in [6.45, 7) is 5.71. The number of carbonyl (C=O) groups is 1. The summed E-state index contributed by atoms with van der Waals surface area (Å²) in [5.74, 6) is -0.304. The van der Waals surface area contributed by atoms with Gasteiger partial charge < -0.3 is 18.9 Å². The zero-order valence-electron chi connectivity index (χ0n) is 42.4. The quantitative estimate of drug-likeness (QED) is 0.0281. The number of carbonyl (C=O) groups excluding carboxylic acids is 1. The number of phosphoric ester groups is 1. The zero-order valence-corrected chi connectivity index (χ0v) is 43.3. The van der Waals surface area contributed by atoms with E-state index in [9.17, 15) is 14.3 Å². The van der Waals surface area contributed by atoms with Crippen LogP contribution in [0.4, 0.5) is 0 Å². The molecule has 2 unspecified atom stereocenters. The fourth-order valence-corrected chi connectivity index (χ4v) is 8.95. The molecule has 62 heavy (non-hydrogen) atoms. The highest BCUT2D eigenvalue weighted by molar-refractivity contribution is 7.47. The largest absolute Gasteiger partial charge is 0.472 e. The topological polar surface area (TPSA) is 91.3 Å². The van der Waals surface area contributed by atoms with Crippen molar-refractivity contribution in [2.45, 2.75) is 283 Å². The van der Waals surface area contributed by atoms with E-state index < -0.39 is 13.9 Å². The van der Waals surface area contributed by atoms with Crippen molar-refractivity contribution in [2.75, 3.05) is 54.1 Å². The van der Waals surface area contributed by atoms with Gasteiger partial charge in [0.1, 0.15) is 19.3 Å². The Labute approximate surface area is 387 Å². The summed E-state index contributed by atoms with van der Waals surface area (Å²) in [6, 6.07) is 0. The van der Waals surface area contributed by atoms with Crippen LogP contribution in [0.3, 0.4) is 0 Å². The molecule has 0 aliphatic rings. The fraction of sp³-hybridized carbons (Fsp3) is 0.981. The molecule has 0 aromatic rings. The Morgan fingerprint density at radius 1 is 0.435 bits per heavy atom. The third kappa shape index (κ3) is 50.5. The number of hydrogen-bond acceptors (Lipinski definition) is 6. The number of nitrogens with zero attached hydrogens (tertiary/aromatic N) is 1. The van der Waals surface area contributed by atoms with E-state index in [-0.39, 0.29) is 25.8 Å². The standard InChI is InChI=1S/C53H108NO7P/c1-6-8-10-12-14-16-18-20-22-24-25-26-27-28-29-31-33-35-37-39-41-43-45-48-58-50-52(51-60-62(56,57)59-49-47-54(3,4)5)61-53(55)46-44-42-40-38-36-34-32-30-23-21-19-17-15-13-11-9-7-2/h52H,6-51H2,1-5H3/p+1. The van der Waals surface area contributed by atoms with Crippen molar-refractivity contribution < 1.29 is 37.3 Å². The van der Waals surface area contributed by atoms with Gasteiger partial charge in [0, 0.05) is 13.0 Å². The van der Waals surface area contributed by atoms with Gasteiger partial charge in [0.05, 0.1) is 34.4 Å². The molecule has 0 spiro atoms. The van der Waals surface area contributed by atoms with Crippen LogP contribution in [0, 0.1) is 0 Å². The Kier molecular flexibility index (Phi) is 46.6. The average molecular weight is 903 g/mol. The molecule has 0 heterocycles. The van der Waals surface area contributed by atoms with E-state index >= 15 is 0 Å². The molecule has 0 bridgehead atoms. The van der Waals surface area contributed by atoms with Gasteiger partial charge in [-0.15, -0.1) is 0 Å². The highest BCUT2D eigenvalue weighted by Gasteiger charge is 2.26. The van der Waals surface area contributed by atoms with Gasteiger partial charge in [0.15, 0.2) is 0 Å². The van der Waals surface area contributed by atoms with Crippen molar-refractivity contribution in [3.63, 3.8) is 0 Å². The third-order valence-corrected chi connectivity index (χ3v) is 13.4. The van der Waals surface area contributed by atoms with E-state index in [4.69, 9.17) is 18.5 Å². The van der Waals surface area contributed by atoms with Gasteiger partial charge in [-0.05, 0) is 12.8 Å². The van der Waals surface area contributed by atoms with Gasteiger partial charge in [-0.1, -0.05) is 258 Å². The van der Waals surface area contributed by atoms with Crippen LogP contribution in [-0.2, 0) is 27.9 Å². The van der Waals surface area contributed by atoms with Crippen molar-refractivity contribution in [3.05, 3.63) is 0 Å². The van der Waals surface area contributed by atoms with E-state index in [1.54, 1.807) is 0 Å². The Morgan fingerprint density at radius 2 is 0.742 bits per heavy atom. The summed E-state index contributed by atoms with van der Waals surface area (Å²) in [6.07, 6.45) is 53.0. The molecule has 372 valence electrons. The first-order chi connectivity index (χ1) is 30.1. The number of likely N-dealkylation sites (N-methyl/N-ethyl adjacent to an activating group) is 1. The molecule has 0 aromatic heterocycles. The Balaban J connectivity index is 4.03. The number of hydrogen-bond donors (Lipinski definition) is 1. The van der Waals surface area contributed by atoms with E-state index in [2.05, 4.69) is 13.8 Å². The lowest BCUT2D eigenvalue weighted by Gasteiger charge is -2.24. The van der Waals surface area contributed by atoms with E-state index in [1.807, 2.05) is 21.1 Å². The minimum atomic E-state index is -4.27. The highest BCUT2D eigenvalue weighted by Crippen LogP contribution is 2.43. The normalized spacial score (nSPS) is 13.5. The number of phosphoric acid groups is 1. The van der Waals surface area contributed by atoms with Crippen molar-refractivity contribution in [1.29, 1.82) is 0 Å². The van der Waals surface area contributed by atoms with Gasteiger partial charge in [-0.3, -0.25) is 13.8 Å². The number of esters is 1. The molecule has 8 nitrogen and oxygen atoms in total. The molecule has 0 aliphatic heterocycles. The van der Waals surface area contributed by atoms with E-state index in [1.165, 1.54) is 225 Å². The summed E-state index contributed by atoms with van der Waals surface area (Å²) < 4.78 is 35.2. The summed E-state index contributed by atoms with van der Waals surface area (Å²) in [5.41, 5.74) is 0. The van der Waals surface area contributed by atoms with Crippen LogP contribution in [0.5, 0.6) is 0 Å². The monoisotopic (exact) mass is 903 g/mol. The lowest BCUT2D eigenvalue weighted by molar-refractivity contribution is -0.870. The van der Waals surface area contributed by atoms with Crippen LogP contribution >= 0.6 is 7.82 Å². The first-order valence-corrected chi connectivity index (χ1v) is 28.8. The first-order valence-electron chi connectivity index (χ1n) is 27.3. The number of ether oxygens (including phenoxy) is 2. The first kappa shape index (κ1) is 61.5. The summed E-state index contributed by atoms with van der Waals surface area (Å²) in [7, 11) is 1.69. The minimum Gasteiger partial charge on any atom is -0.457 e. The molecule has 0 saturated carbocycles. The SMILES string of the molecule is CCCCCCCCCCCCCCCCCCCCCCCCCOCC(COP(=O)(O)OCC[N+](C)(C)C)OC(=O)CCCCCCCCCCCCCCCCCCC. The van der Waals surface area contributed by atoms with Gasteiger partial charge in [0.25, 0.3) is 0 Å². The Morgan fingerprint density at radius 3 is 1.06 bits per heavy atom. The summed E-state index contributed by atoms with van der Waals surface area (Å²) >= 11 is 0. The second-order valence-electron chi connectivity index (χ2n) is 20.0. The molecule has 0 saturated heterocycles. The smallest absolute Gasteiger partial charge is 0.457 e. The van der Waals surface area contributed by atoms with E-state index in [0.717, 1.165) is 32.1 Å². The molecule has 1 N–H and O–H groups in total. The van der Waals surface area contributed by atoms with Crippen LogP contribution in [-0.4, -0.2) is 75.6 Å². The molecule has 0 amide bonds. The lowest BCUT2D eigenvalue weighted by Crippen LogP contribution is -2.37. The van der Waals surface area contributed by atoms with Crippen LogP contribution in [0.15, 0.2) is 0 Å². The molecule has 0 radical (unpaired) electrons. The van der Waals surface area contributed by atoms with Crippen molar-refractivity contribution >= 4 is 13.8 Å². The van der Waals surface area contributed by atoms with Gasteiger partial charge in [0.2, 0.25) is 0 Å². The predicted molar refractivity (Wildman–Crippen MR) is 266 cm³/mol. The maximum Gasteiger partial charge on any atom is 0.472 e. The van der Waals surface area contributed by atoms with Crippen molar-refractivity contribution in [1.82, 2.24) is 0 Å². The third-order valence-electron chi connectivity index (χ3n) is 12.4. The summed E-state index contributed by atoms with van der Waals surface area (Å²) in [5, 5.41) is 0. The van der Waals surface area contributed by atoms with Crippen LogP contribution < -0.4 is 0 Å². The number of rotatable bonds is 52. The molecular formula is C53H109NO7P+. The second-order valence-corrected chi connectivity index (χ2v) is 21.4. The predicted octanol–water partition coefficient (Wildman–Crippen LogP) is 16.8. The molecular weight excluding hydrogens is 794 g/mol. The highest BCUT2D eigenvalue weighted by atomic mass is 31.2. The Bertz CT molecular complexity index is 961. The molecule has 0 aliphatic carbocycles. The fourth-order valence-electron chi connectivity index (χ4n) is 8.20. The maximum atomic E-state index is 12.8. The molecule has 0 aromatic carbocycles. The zero-order chi connectivity index (χ0) is 45.5. The van der Waals surface area contributed by atoms with Gasteiger partial charge >= 0.3 is 13.8 Å². The van der Waals surface area contributed by atoms with Crippen molar-refractivity contribution in [3.8, 4) is 0 Å². The molecule has 0 fully saturated rings. The molecule has 0 rings (SSSR count). The average Bonchev–Trinajstić information content (AvgIpc) is 3.23. The van der Waals surface area contributed by atoms with Gasteiger partial charge in [-0.25, -0.2) is 4.57 Å². The van der Waals surface area contributed by atoms with E-state index in [0.29, 0.717) is 24.1 Å². The van der Waals surface area contributed by atoms with Crippen LogP contribution in [0.2, 0.25) is 0 Å². The number of quaternary nitrogens is 1. The van der Waals surface area contributed by atoms with Crippen LogP contribution in [0.1, 0.15) is 277 Å². The van der Waals surface area contributed by atoms with Crippen LogP contribution in [0.25, 0.3) is 0 Å². The number of unbranched alkanes of at least 4 members (excludes halogenated alkanes) is 38. The maximum absolute atomic E-state index is 12.8. The lowest BCUT2D eigenvalue weighted by atomic mass is 10.0.